The molecule has 4 rings (SSSR count). The Morgan fingerprint density at radius 3 is 2.20 bits per heavy atom. The molecule has 0 aliphatic carbocycles. The van der Waals surface area contributed by atoms with E-state index < -0.39 is 11.9 Å². The molecule has 0 radical (unpaired) electrons. The van der Waals surface area contributed by atoms with Gasteiger partial charge in [-0.2, -0.15) is 5.10 Å². The average Bonchev–Trinajstić information content (AvgIpc) is 2.95. The second kappa shape index (κ2) is 13.5. The third-order valence-corrected chi connectivity index (χ3v) is 6.97. The second-order valence-corrected chi connectivity index (χ2v) is 10.9. The smallest absolute Gasteiger partial charge is 0.343 e. The van der Waals surface area contributed by atoms with Crippen LogP contribution in [0.5, 0.6) is 11.5 Å². The summed E-state index contributed by atoms with van der Waals surface area (Å²) in [7, 11) is 1.52. The number of nitrogens with one attached hydrogen (secondary N) is 2. The SMILES string of the molecule is COc1cccc(C(=O)Nc2cccc(C(=O)NN=Cc3cc(Br)cc(Br)c3OC(=O)c3ccc(Br)cc3)c2)c1. The summed E-state index contributed by atoms with van der Waals surface area (Å²) < 4.78 is 12.8. The molecular weight excluding hydrogens is 710 g/mol. The first-order valence-electron chi connectivity index (χ1n) is 11.6. The average molecular weight is 730 g/mol. The van der Waals surface area contributed by atoms with Gasteiger partial charge in [0, 0.05) is 31.3 Å². The molecule has 8 nitrogen and oxygen atoms in total. The number of nitrogens with zero attached hydrogens (tertiary/aromatic N) is 1. The number of carbonyl (C=O) groups excluding carboxylic acids is 3. The highest BCUT2D eigenvalue weighted by atomic mass is 79.9. The Hall–Kier alpha value is -3.80. The lowest BCUT2D eigenvalue weighted by molar-refractivity contribution is 0.0732. The number of methoxy groups -OCH3 is 1. The zero-order chi connectivity index (χ0) is 28.6. The number of anilines is 1. The first-order valence-corrected chi connectivity index (χ1v) is 14.0. The van der Waals surface area contributed by atoms with E-state index in [2.05, 4.69) is 63.6 Å². The van der Waals surface area contributed by atoms with Crippen molar-refractivity contribution in [3.63, 3.8) is 0 Å². The second-order valence-electron chi connectivity index (χ2n) is 8.17. The summed E-state index contributed by atoms with van der Waals surface area (Å²) in [6.45, 7) is 0. The Morgan fingerprint density at radius 2 is 1.48 bits per heavy atom. The van der Waals surface area contributed by atoms with E-state index in [4.69, 9.17) is 9.47 Å². The molecule has 202 valence electrons. The topological polar surface area (TPSA) is 106 Å². The van der Waals surface area contributed by atoms with E-state index in [1.807, 2.05) is 0 Å². The molecule has 0 fully saturated rings. The van der Waals surface area contributed by atoms with E-state index in [1.165, 1.54) is 19.4 Å². The molecule has 40 heavy (non-hydrogen) atoms. The molecule has 0 saturated heterocycles. The number of rotatable bonds is 8. The Balaban J connectivity index is 1.45. The van der Waals surface area contributed by atoms with Crippen molar-refractivity contribution in [2.45, 2.75) is 0 Å². The molecule has 0 atom stereocenters. The molecule has 0 aliphatic heterocycles. The highest BCUT2D eigenvalue weighted by molar-refractivity contribution is 9.11. The molecular formula is C29H20Br3N3O5. The van der Waals surface area contributed by atoms with Gasteiger partial charge in [0.25, 0.3) is 11.8 Å². The number of hydrogen-bond acceptors (Lipinski definition) is 6. The fourth-order valence-corrected chi connectivity index (χ4v) is 5.06. The minimum atomic E-state index is -0.554. The van der Waals surface area contributed by atoms with E-state index in [0.29, 0.717) is 37.1 Å². The van der Waals surface area contributed by atoms with Gasteiger partial charge >= 0.3 is 5.97 Å². The van der Waals surface area contributed by atoms with Gasteiger partial charge in [0.2, 0.25) is 0 Å². The van der Waals surface area contributed by atoms with Crippen LogP contribution in [-0.4, -0.2) is 31.1 Å². The van der Waals surface area contributed by atoms with Gasteiger partial charge in [0.05, 0.1) is 23.4 Å². The molecule has 0 aliphatic rings. The normalized spacial score (nSPS) is 10.7. The van der Waals surface area contributed by atoms with Gasteiger partial charge in [-0.25, -0.2) is 10.2 Å². The molecule has 11 heteroatoms. The van der Waals surface area contributed by atoms with Crippen molar-refractivity contribution in [1.29, 1.82) is 0 Å². The molecule has 0 spiro atoms. The number of hydrogen-bond donors (Lipinski definition) is 2. The predicted octanol–water partition coefficient (Wildman–Crippen LogP) is 7.22. The summed E-state index contributed by atoms with van der Waals surface area (Å²) in [6, 6.07) is 23.3. The van der Waals surface area contributed by atoms with Gasteiger partial charge in [0.1, 0.15) is 5.75 Å². The zero-order valence-corrected chi connectivity index (χ0v) is 25.5. The number of benzene rings is 4. The summed E-state index contributed by atoms with van der Waals surface area (Å²) in [5, 5.41) is 6.81. The lowest BCUT2D eigenvalue weighted by atomic mass is 10.1. The van der Waals surface area contributed by atoms with Crippen LogP contribution in [0.2, 0.25) is 0 Å². The Bertz CT molecular complexity index is 1610. The van der Waals surface area contributed by atoms with Crippen molar-refractivity contribution in [2.75, 3.05) is 12.4 Å². The number of ether oxygens (including phenoxy) is 2. The third-order valence-electron chi connectivity index (χ3n) is 5.40. The largest absolute Gasteiger partial charge is 0.497 e. The summed E-state index contributed by atoms with van der Waals surface area (Å²) in [5.41, 5.74) is 4.38. The summed E-state index contributed by atoms with van der Waals surface area (Å²) in [6.07, 6.45) is 1.37. The number of halogens is 3. The summed E-state index contributed by atoms with van der Waals surface area (Å²) in [5.74, 6) is -0.614. The van der Waals surface area contributed by atoms with Crippen molar-refractivity contribution in [3.05, 3.63) is 121 Å². The molecule has 0 aromatic heterocycles. The fourth-order valence-electron chi connectivity index (χ4n) is 3.45. The van der Waals surface area contributed by atoms with Gasteiger partial charge in [-0.1, -0.05) is 44.0 Å². The monoisotopic (exact) mass is 727 g/mol. The van der Waals surface area contributed by atoms with Crippen LogP contribution in [0.1, 0.15) is 36.6 Å². The van der Waals surface area contributed by atoms with Crippen LogP contribution in [0.4, 0.5) is 5.69 Å². The van der Waals surface area contributed by atoms with Crippen molar-refractivity contribution in [3.8, 4) is 11.5 Å². The van der Waals surface area contributed by atoms with Crippen LogP contribution < -0.4 is 20.2 Å². The van der Waals surface area contributed by atoms with E-state index >= 15 is 0 Å². The highest BCUT2D eigenvalue weighted by Gasteiger charge is 2.16. The lowest BCUT2D eigenvalue weighted by Crippen LogP contribution is -2.18. The number of esters is 1. The molecule has 0 bridgehead atoms. The maximum atomic E-state index is 12.8. The van der Waals surface area contributed by atoms with Gasteiger partial charge in [-0.3, -0.25) is 9.59 Å². The molecule has 4 aromatic carbocycles. The molecule has 0 saturated carbocycles. The fraction of sp³-hybridized carbons (Fsp3) is 0.0345. The quantitative estimate of drug-likeness (QED) is 0.0863. The van der Waals surface area contributed by atoms with Crippen molar-refractivity contribution >= 4 is 77.5 Å². The van der Waals surface area contributed by atoms with Gasteiger partial charge in [-0.05, 0) is 88.7 Å². The highest BCUT2D eigenvalue weighted by Crippen LogP contribution is 2.33. The van der Waals surface area contributed by atoms with Gasteiger partial charge < -0.3 is 14.8 Å². The lowest BCUT2D eigenvalue weighted by Gasteiger charge is -2.11. The molecule has 4 aromatic rings. The van der Waals surface area contributed by atoms with Gasteiger partial charge in [0.15, 0.2) is 5.75 Å². The minimum absolute atomic E-state index is 0.233. The van der Waals surface area contributed by atoms with E-state index in [9.17, 15) is 14.4 Å². The van der Waals surface area contributed by atoms with Crippen LogP contribution in [-0.2, 0) is 0 Å². The van der Waals surface area contributed by atoms with Crippen molar-refractivity contribution in [2.24, 2.45) is 5.10 Å². The Kier molecular flexibility index (Phi) is 9.86. The predicted molar refractivity (Wildman–Crippen MR) is 163 cm³/mol. The zero-order valence-electron chi connectivity index (χ0n) is 20.8. The standard InChI is InChI=1S/C29H20Br3N3O5/c1-39-24-7-3-5-19(14-24)27(36)34-23-6-2-4-18(13-23)28(37)35-33-16-20-12-22(31)15-25(32)26(20)40-29(38)17-8-10-21(30)11-9-17/h2-16H,1H3,(H,34,36)(H,35,37). The van der Waals surface area contributed by atoms with E-state index in [1.54, 1.807) is 78.9 Å². The van der Waals surface area contributed by atoms with E-state index in [-0.39, 0.29) is 17.2 Å². The molecule has 0 heterocycles. The first-order chi connectivity index (χ1) is 19.2. The maximum Gasteiger partial charge on any atom is 0.343 e. The first kappa shape index (κ1) is 29.2. The Morgan fingerprint density at radius 1 is 0.775 bits per heavy atom. The maximum absolute atomic E-state index is 12.8. The molecule has 2 amide bonds. The van der Waals surface area contributed by atoms with Crippen molar-refractivity contribution in [1.82, 2.24) is 5.43 Å². The minimum Gasteiger partial charge on any atom is -0.497 e. The van der Waals surface area contributed by atoms with Crippen LogP contribution in [0.15, 0.2) is 103 Å². The third kappa shape index (κ3) is 7.65. The summed E-state index contributed by atoms with van der Waals surface area (Å²) in [4.78, 5) is 38.1. The number of hydrazone groups is 1. The van der Waals surface area contributed by atoms with E-state index in [0.717, 1.165) is 4.47 Å². The van der Waals surface area contributed by atoms with Crippen LogP contribution in [0, 0.1) is 0 Å². The molecule has 0 unspecified atom stereocenters. The van der Waals surface area contributed by atoms with Crippen LogP contribution >= 0.6 is 47.8 Å². The molecule has 2 N–H and O–H groups in total. The number of carbonyl (C=O) groups is 3. The van der Waals surface area contributed by atoms with Crippen molar-refractivity contribution < 1.29 is 23.9 Å². The van der Waals surface area contributed by atoms with Crippen LogP contribution in [0.25, 0.3) is 0 Å². The Labute approximate surface area is 255 Å². The van der Waals surface area contributed by atoms with Gasteiger partial charge in [-0.15, -0.1) is 0 Å². The van der Waals surface area contributed by atoms with Crippen LogP contribution in [0.3, 0.4) is 0 Å². The summed E-state index contributed by atoms with van der Waals surface area (Å²) >= 11 is 10.2. The number of amides is 2.